The third-order valence-corrected chi connectivity index (χ3v) is 18.0. The van der Waals surface area contributed by atoms with Gasteiger partial charge in [-0.25, -0.2) is 0 Å². The van der Waals surface area contributed by atoms with Gasteiger partial charge in [0.15, 0.2) is 0 Å². The number of aliphatic hydroxyl groups excluding tert-OH is 1. The lowest BCUT2D eigenvalue weighted by Crippen LogP contribution is -2.46. The van der Waals surface area contributed by atoms with Crippen LogP contribution in [0.2, 0.25) is 0 Å². The second-order valence-corrected chi connectivity index (χ2v) is 28.0. The Morgan fingerprint density at radius 2 is 0.718 bits per heavy atom. The summed E-state index contributed by atoms with van der Waals surface area (Å²) in [5.74, 6) is -0.157. The fraction of sp³-hybridized carbons (Fsp3) is 0.855. The quantitative estimate of drug-likeness (QED) is 0.0272. The summed E-state index contributed by atoms with van der Waals surface area (Å²) in [4.78, 5) is 25.7. The van der Waals surface area contributed by atoms with Gasteiger partial charge < -0.3 is 28.8 Å². The summed E-state index contributed by atoms with van der Waals surface area (Å²) in [5, 5.41) is 14.1. The van der Waals surface area contributed by atoms with Gasteiger partial charge in [-0.3, -0.25) is 9.36 Å². The maximum atomic E-state index is 13.1. The molecule has 1 amide bonds. The molecule has 0 rings (SSSR count). The van der Waals surface area contributed by atoms with Crippen LogP contribution in [-0.2, 0) is 18.4 Å². The van der Waals surface area contributed by atoms with Crippen molar-refractivity contribution < 1.29 is 32.9 Å². The Hall–Kier alpha value is -1.80. The number of amides is 1. The van der Waals surface area contributed by atoms with E-state index >= 15 is 0 Å². The third-order valence-electron chi connectivity index (χ3n) is 17.0. The number of phosphoric acid groups is 1. The highest BCUT2D eigenvalue weighted by atomic mass is 31.2. The highest BCUT2D eigenvalue weighted by Gasteiger charge is 2.24. The summed E-state index contributed by atoms with van der Waals surface area (Å²) in [6.45, 7) is 4.66. The monoisotopic (exact) mass is 1210 g/mol. The molecule has 8 nitrogen and oxygen atoms in total. The molecule has 0 saturated carbocycles. The zero-order chi connectivity index (χ0) is 61.9. The van der Waals surface area contributed by atoms with Crippen LogP contribution in [0.25, 0.3) is 0 Å². The molecule has 500 valence electrons. The molecule has 0 aliphatic heterocycles. The van der Waals surface area contributed by atoms with Crippen LogP contribution in [0.15, 0.2) is 60.8 Å². The Morgan fingerprint density at radius 1 is 0.424 bits per heavy atom. The molecule has 3 atom stereocenters. The van der Waals surface area contributed by atoms with Gasteiger partial charge in [0, 0.05) is 6.42 Å². The number of allylic oxidation sites excluding steroid dienone is 10. The minimum Gasteiger partial charge on any atom is -0.756 e. The zero-order valence-electron chi connectivity index (χ0n) is 57.3. The SMILES string of the molecule is CC/C=C\C/C=C\C/C=C\C/C=C\C/C=C\CCCCCCCCCCCCCCCCCCCCCCCCCC(=O)NC(COP(=O)([O-])OCC[N+](C)(C)C)C(O)CCCCCCCCCCCCCCCCCCCCCCCCCC. The van der Waals surface area contributed by atoms with Crippen molar-refractivity contribution in [1.29, 1.82) is 0 Å². The number of carbonyl (C=O) groups is 1. The minimum absolute atomic E-state index is 0.0139. The number of carbonyl (C=O) groups excluding carboxylic acids is 1. The standard InChI is InChI=1S/C76H145N2O6P/c1-6-8-10-12-14-16-18-20-22-24-26-28-30-32-33-34-35-36-37-38-39-40-41-42-43-44-45-46-48-50-52-54-56-58-60-62-64-66-68-70-76(80)77-74(73-84-85(81,82)83-72-71-78(3,4)5)75(79)69-67-65-63-61-59-57-55-53-51-49-47-31-29-27-25-23-21-19-17-15-13-11-9-7-2/h8,10,14,16,20,22,26,28,32-33,74-75,79H,6-7,9,11-13,15,17-19,21,23-25,27,29-31,34-73H2,1-5H3,(H-,77,80,81,82)/b10-8-,16-14-,22-20-,28-26-,33-32-. The van der Waals surface area contributed by atoms with Gasteiger partial charge in [0.2, 0.25) is 5.91 Å². The molecule has 3 unspecified atom stereocenters. The molecule has 0 bridgehead atoms. The van der Waals surface area contributed by atoms with Crippen LogP contribution in [0.1, 0.15) is 367 Å². The van der Waals surface area contributed by atoms with E-state index in [9.17, 15) is 19.4 Å². The largest absolute Gasteiger partial charge is 0.756 e. The first-order chi connectivity index (χ1) is 41.5. The maximum Gasteiger partial charge on any atom is 0.268 e. The highest BCUT2D eigenvalue weighted by molar-refractivity contribution is 7.45. The van der Waals surface area contributed by atoms with Crippen molar-refractivity contribution >= 4 is 13.7 Å². The van der Waals surface area contributed by atoms with Gasteiger partial charge in [-0.15, -0.1) is 0 Å². The third kappa shape index (κ3) is 69.5. The van der Waals surface area contributed by atoms with Gasteiger partial charge in [0.25, 0.3) is 7.82 Å². The van der Waals surface area contributed by atoms with Crippen LogP contribution in [0.5, 0.6) is 0 Å². The Balaban J connectivity index is 3.93. The lowest BCUT2D eigenvalue weighted by molar-refractivity contribution is -0.870. The first-order valence-electron chi connectivity index (χ1n) is 37.1. The van der Waals surface area contributed by atoms with Gasteiger partial charge in [0.05, 0.1) is 39.9 Å². The Morgan fingerprint density at radius 3 is 1.05 bits per heavy atom. The number of phosphoric ester groups is 1. The summed E-state index contributed by atoms with van der Waals surface area (Å²) in [6, 6.07) is -0.801. The molecular weight excluding hydrogens is 1070 g/mol. The van der Waals surface area contributed by atoms with Gasteiger partial charge in [-0.1, -0.05) is 364 Å². The van der Waals surface area contributed by atoms with E-state index < -0.39 is 20.0 Å². The second kappa shape index (κ2) is 66.6. The van der Waals surface area contributed by atoms with Crippen molar-refractivity contribution in [3.05, 3.63) is 60.8 Å². The number of hydrogen-bond donors (Lipinski definition) is 2. The van der Waals surface area contributed by atoms with Crippen molar-refractivity contribution in [3.8, 4) is 0 Å². The molecule has 0 aliphatic carbocycles. The van der Waals surface area contributed by atoms with Crippen LogP contribution in [0.4, 0.5) is 0 Å². The average Bonchev–Trinajstić information content (AvgIpc) is 3.49. The predicted octanol–water partition coefficient (Wildman–Crippen LogP) is 23.3. The van der Waals surface area contributed by atoms with Crippen molar-refractivity contribution in [1.82, 2.24) is 5.32 Å². The second-order valence-electron chi connectivity index (χ2n) is 26.6. The maximum absolute atomic E-state index is 13.1. The van der Waals surface area contributed by atoms with Crippen molar-refractivity contribution in [2.24, 2.45) is 0 Å². The molecule has 0 aliphatic rings. The van der Waals surface area contributed by atoms with Gasteiger partial charge >= 0.3 is 0 Å². The fourth-order valence-corrected chi connectivity index (χ4v) is 12.0. The molecule has 0 saturated heterocycles. The molecule has 0 fully saturated rings. The van der Waals surface area contributed by atoms with E-state index in [-0.39, 0.29) is 19.1 Å². The number of nitrogens with one attached hydrogen (secondary N) is 1. The lowest BCUT2D eigenvalue weighted by Gasteiger charge is -2.30. The number of rotatable bonds is 69. The van der Waals surface area contributed by atoms with E-state index in [0.29, 0.717) is 23.9 Å². The molecule has 0 aromatic heterocycles. The van der Waals surface area contributed by atoms with E-state index in [1.54, 1.807) is 0 Å². The molecule has 9 heteroatoms. The number of unbranched alkanes of at least 4 members (excludes halogenated alkanes) is 46. The molecule has 0 radical (unpaired) electrons. The normalized spacial score (nSPS) is 13.9. The molecule has 85 heavy (non-hydrogen) atoms. The Labute approximate surface area is 530 Å². The van der Waals surface area contributed by atoms with Crippen LogP contribution in [0, 0.1) is 0 Å². The summed E-state index contributed by atoms with van der Waals surface area (Å²) in [7, 11) is 1.32. The summed E-state index contributed by atoms with van der Waals surface area (Å²) < 4.78 is 23.6. The van der Waals surface area contributed by atoms with Crippen LogP contribution < -0.4 is 10.2 Å². The van der Waals surface area contributed by atoms with Crippen LogP contribution in [-0.4, -0.2) is 68.5 Å². The van der Waals surface area contributed by atoms with Gasteiger partial charge in [-0.05, 0) is 57.8 Å². The van der Waals surface area contributed by atoms with E-state index in [0.717, 1.165) is 70.6 Å². The van der Waals surface area contributed by atoms with Crippen LogP contribution >= 0.6 is 7.82 Å². The van der Waals surface area contributed by atoms with Crippen molar-refractivity contribution in [3.63, 3.8) is 0 Å². The number of likely N-dealkylation sites (N-methyl/N-ethyl adjacent to an activating group) is 1. The fourth-order valence-electron chi connectivity index (χ4n) is 11.3. The predicted molar refractivity (Wildman–Crippen MR) is 371 cm³/mol. The summed E-state index contributed by atoms with van der Waals surface area (Å²) >= 11 is 0. The zero-order valence-corrected chi connectivity index (χ0v) is 58.2. The smallest absolute Gasteiger partial charge is 0.268 e. The van der Waals surface area contributed by atoms with Gasteiger partial charge in [-0.2, -0.15) is 0 Å². The van der Waals surface area contributed by atoms with E-state index in [4.69, 9.17) is 9.05 Å². The Kier molecular flexibility index (Phi) is 65.2. The number of nitrogens with zero attached hydrogens (tertiary/aromatic N) is 1. The topological polar surface area (TPSA) is 108 Å². The van der Waals surface area contributed by atoms with Crippen molar-refractivity contribution in [2.45, 2.75) is 379 Å². The first-order valence-corrected chi connectivity index (χ1v) is 38.6. The Bertz CT molecular complexity index is 1570. The number of quaternary nitrogens is 1. The van der Waals surface area contributed by atoms with Crippen LogP contribution in [0.3, 0.4) is 0 Å². The average molecular weight is 1210 g/mol. The number of aliphatic hydroxyl groups is 1. The van der Waals surface area contributed by atoms with E-state index in [2.05, 4.69) is 79.9 Å². The van der Waals surface area contributed by atoms with Gasteiger partial charge in [0.1, 0.15) is 13.2 Å². The summed E-state index contributed by atoms with van der Waals surface area (Å²) in [6.07, 6.45) is 91.7. The lowest BCUT2D eigenvalue weighted by atomic mass is 10.0. The summed E-state index contributed by atoms with van der Waals surface area (Å²) in [5.41, 5.74) is 0. The first kappa shape index (κ1) is 83.2. The highest BCUT2D eigenvalue weighted by Crippen LogP contribution is 2.38. The number of hydrogen-bond acceptors (Lipinski definition) is 6. The molecule has 0 heterocycles. The molecule has 0 spiro atoms. The minimum atomic E-state index is -4.58. The van der Waals surface area contributed by atoms with E-state index in [1.165, 1.54) is 270 Å². The van der Waals surface area contributed by atoms with E-state index in [1.807, 2.05) is 21.1 Å². The van der Waals surface area contributed by atoms with Crippen molar-refractivity contribution in [2.75, 3.05) is 40.9 Å². The molecule has 0 aromatic carbocycles. The molecule has 0 aromatic rings. The molecular formula is C76H145N2O6P. The molecule has 2 N–H and O–H groups in total.